The number of aromatic nitrogens is 3. The first-order valence-corrected chi connectivity index (χ1v) is 4.96. The molecule has 15 heavy (non-hydrogen) atoms. The molecule has 0 spiro atoms. The van der Waals surface area contributed by atoms with E-state index in [0.29, 0.717) is 17.4 Å². The Morgan fingerprint density at radius 2 is 2.27 bits per heavy atom. The minimum atomic E-state index is 0.625. The molecule has 0 aliphatic heterocycles. The van der Waals surface area contributed by atoms with Gasteiger partial charge >= 0.3 is 0 Å². The Kier molecular flexibility index (Phi) is 2.87. The molecule has 78 valence electrons. The number of aryl methyl sites for hydroxylation is 1. The number of rotatable bonds is 3. The van der Waals surface area contributed by atoms with Gasteiger partial charge in [-0.2, -0.15) is 5.10 Å². The molecular weight excluding hydrogens is 212 g/mol. The molecule has 2 aromatic heterocycles. The molecule has 1 N–H and O–H groups in total. The van der Waals surface area contributed by atoms with Crippen molar-refractivity contribution < 1.29 is 0 Å². The minimum Gasteiger partial charge on any atom is -0.363 e. The predicted molar refractivity (Wildman–Crippen MR) is 59.8 cm³/mol. The van der Waals surface area contributed by atoms with E-state index in [2.05, 4.69) is 15.4 Å². The quantitative estimate of drug-likeness (QED) is 0.865. The summed E-state index contributed by atoms with van der Waals surface area (Å²) in [6.07, 6.45) is 3.47. The number of nitrogens with zero attached hydrogens (tertiary/aromatic N) is 3. The van der Waals surface area contributed by atoms with E-state index in [9.17, 15) is 0 Å². The summed E-state index contributed by atoms with van der Waals surface area (Å²) in [6.45, 7) is 0.660. The fourth-order valence-electron chi connectivity index (χ4n) is 1.26. The normalized spacial score (nSPS) is 10.3. The van der Waals surface area contributed by atoms with Gasteiger partial charge in [-0.1, -0.05) is 11.6 Å². The lowest BCUT2D eigenvalue weighted by molar-refractivity contribution is 0.720. The maximum atomic E-state index is 5.96. The van der Waals surface area contributed by atoms with Crippen LogP contribution in [-0.4, -0.2) is 14.8 Å². The summed E-state index contributed by atoms with van der Waals surface area (Å²) in [6, 6.07) is 5.56. The molecule has 0 atom stereocenters. The number of hydrogen-bond acceptors (Lipinski definition) is 3. The second-order valence-corrected chi connectivity index (χ2v) is 3.54. The van der Waals surface area contributed by atoms with E-state index in [1.54, 1.807) is 24.5 Å². The van der Waals surface area contributed by atoms with Gasteiger partial charge in [0.25, 0.3) is 0 Å². The van der Waals surface area contributed by atoms with Gasteiger partial charge < -0.3 is 5.32 Å². The molecule has 5 heteroatoms. The Balaban J connectivity index is 2.06. The van der Waals surface area contributed by atoms with Gasteiger partial charge in [-0.25, -0.2) is 4.98 Å². The maximum absolute atomic E-state index is 5.96. The van der Waals surface area contributed by atoms with Crippen LogP contribution in [0.3, 0.4) is 0 Å². The Labute approximate surface area is 92.9 Å². The first kappa shape index (κ1) is 9.98. The lowest BCUT2D eigenvalue weighted by atomic mass is 10.4. The van der Waals surface area contributed by atoms with E-state index in [1.165, 1.54) is 0 Å². The van der Waals surface area contributed by atoms with Gasteiger partial charge in [0.15, 0.2) is 0 Å². The van der Waals surface area contributed by atoms with Crippen LogP contribution in [-0.2, 0) is 13.6 Å². The third-order valence-corrected chi connectivity index (χ3v) is 2.42. The van der Waals surface area contributed by atoms with Gasteiger partial charge in [-0.05, 0) is 18.2 Å². The van der Waals surface area contributed by atoms with E-state index in [-0.39, 0.29) is 0 Å². The molecule has 4 nitrogen and oxygen atoms in total. The zero-order chi connectivity index (χ0) is 10.7. The van der Waals surface area contributed by atoms with Crippen molar-refractivity contribution in [3.05, 3.63) is 41.3 Å². The third-order valence-electron chi connectivity index (χ3n) is 2.12. The van der Waals surface area contributed by atoms with Crippen molar-refractivity contribution in [1.29, 1.82) is 0 Å². The molecule has 2 heterocycles. The van der Waals surface area contributed by atoms with Crippen LogP contribution >= 0.6 is 11.6 Å². The van der Waals surface area contributed by atoms with Crippen LogP contribution in [0.15, 0.2) is 30.6 Å². The summed E-state index contributed by atoms with van der Waals surface area (Å²) in [5.74, 6) is 0.695. The lowest BCUT2D eigenvalue weighted by Gasteiger charge is -2.06. The first-order chi connectivity index (χ1) is 7.27. The van der Waals surface area contributed by atoms with Crippen molar-refractivity contribution >= 4 is 17.4 Å². The summed E-state index contributed by atoms with van der Waals surface area (Å²) in [5, 5.41) is 7.85. The fraction of sp³-hybridized carbons (Fsp3) is 0.200. The monoisotopic (exact) mass is 222 g/mol. The molecule has 0 saturated carbocycles. The van der Waals surface area contributed by atoms with Crippen molar-refractivity contribution in [2.45, 2.75) is 6.54 Å². The van der Waals surface area contributed by atoms with Crippen molar-refractivity contribution in [3.8, 4) is 0 Å². The van der Waals surface area contributed by atoms with Crippen LogP contribution in [0.2, 0.25) is 5.02 Å². The van der Waals surface area contributed by atoms with Crippen molar-refractivity contribution in [3.63, 3.8) is 0 Å². The predicted octanol–water partition coefficient (Wildman–Crippen LogP) is 2.08. The molecule has 0 saturated heterocycles. The van der Waals surface area contributed by atoms with E-state index in [4.69, 9.17) is 11.6 Å². The van der Waals surface area contributed by atoms with Crippen LogP contribution in [0.25, 0.3) is 0 Å². The molecule has 0 bridgehead atoms. The molecule has 0 radical (unpaired) electrons. The van der Waals surface area contributed by atoms with E-state index in [1.807, 2.05) is 17.8 Å². The van der Waals surface area contributed by atoms with Crippen LogP contribution in [0, 0.1) is 0 Å². The Morgan fingerprint density at radius 3 is 2.93 bits per heavy atom. The molecule has 2 rings (SSSR count). The SMILES string of the molecule is Cn1nccc1CNc1ncccc1Cl. The number of nitrogens with one attached hydrogen (secondary N) is 1. The third kappa shape index (κ3) is 2.27. The van der Waals surface area contributed by atoms with Crippen molar-refractivity contribution in [2.75, 3.05) is 5.32 Å². The number of anilines is 1. The molecule has 0 aromatic carbocycles. The van der Waals surface area contributed by atoms with Crippen molar-refractivity contribution in [2.24, 2.45) is 7.05 Å². The summed E-state index contributed by atoms with van der Waals surface area (Å²) in [5.41, 5.74) is 1.08. The summed E-state index contributed by atoms with van der Waals surface area (Å²) in [4.78, 5) is 4.13. The molecular formula is C10H11ClN4. The molecule has 0 aliphatic rings. The second-order valence-electron chi connectivity index (χ2n) is 3.13. The van der Waals surface area contributed by atoms with Gasteiger partial charge in [-0.15, -0.1) is 0 Å². The van der Waals surface area contributed by atoms with Crippen LogP contribution in [0.5, 0.6) is 0 Å². The van der Waals surface area contributed by atoms with E-state index in [0.717, 1.165) is 5.69 Å². The molecule has 0 amide bonds. The highest BCUT2D eigenvalue weighted by Gasteiger charge is 2.01. The zero-order valence-electron chi connectivity index (χ0n) is 8.31. The highest BCUT2D eigenvalue weighted by molar-refractivity contribution is 6.32. The molecule has 0 aliphatic carbocycles. The number of pyridine rings is 1. The zero-order valence-corrected chi connectivity index (χ0v) is 9.07. The highest BCUT2D eigenvalue weighted by Crippen LogP contribution is 2.17. The topological polar surface area (TPSA) is 42.7 Å². The van der Waals surface area contributed by atoms with Gasteiger partial charge in [0.2, 0.25) is 0 Å². The average Bonchev–Trinajstić information content (AvgIpc) is 2.63. The Hall–Kier alpha value is -1.55. The summed E-state index contributed by atoms with van der Waals surface area (Å²) >= 11 is 5.96. The highest BCUT2D eigenvalue weighted by atomic mass is 35.5. The van der Waals surface area contributed by atoms with Crippen LogP contribution in [0.4, 0.5) is 5.82 Å². The standard InChI is InChI=1S/C10H11ClN4/c1-15-8(4-6-14-15)7-13-10-9(11)3-2-5-12-10/h2-6H,7H2,1H3,(H,12,13). The van der Waals surface area contributed by atoms with Gasteiger partial charge in [0, 0.05) is 19.4 Å². The second kappa shape index (κ2) is 4.31. The Morgan fingerprint density at radius 1 is 1.40 bits per heavy atom. The number of halogens is 1. The van der Waals surface area contributed by atoms with Gasteiger partial charge in [0.1, 0.15) is 5.82 Å². The maximum Gasteiger partial charge on any atom is 0.145 e. The molecule has 0 unspecified atom stereocenters. The van der Waals surface area contributed by atoms with Crippen molar-refractivity contribution in [1.82, 2.24) is 14.8 Å². The summed E-state index contributed by atoms with van der Waals surface area (Å²) < 4.78 is 1.81. The average molecular weight is 223 g/mol. The van der Waals surface area contributed by atoms with Crippen LogP contribution in [0.1, 0.15) is 5.69 Å². The fourth-order valence-corrected chi connectivity index (χ4v) is 1.45. The van der Waals surface area contributed by atoms with Gasteiger partial charge in [0.05, 0.1) is 17.3 Å². The first-order valence-electron chi connectivity index (χ1n) is 4.58. The summed E-state index contributed by atoms with van der Waals surface area (Å²) in [7, 11) is 1.90. The van der Waals surface area contributed by atoms with Gasteiger partial charge in [-0.3, -0.25) is 4.68 Å². The van der Waals surface area contributed by atoms with E-state index >= 15 is 0 Å². The lowest BCUT2D eigenvalue weighted by Crippen LogP contribution is -2.06. The minimum absolute atomic E-state index is 0.625. The largest absolute Gasteiger partial charge is 0.363 e. The number of hydrogen-bond donors (Lipinski definition) is 1. The molecule has 0 fully saturated rings. The smallest absolute Gasteiger partial charge is 0.145 e. The Bertz CT molecular complexity index is 452. The van der Waals surface area contributed by atoms with Crippen LogP contribution < -0.4 is 5.32 Å². The molecule has 2 aromatic rings. The van der Waals surface area contributed by atoms with E-state index < -0.39 is 0 Å².